The SMILES string of the molecule is NCOc1ccc2ncccc2c1. The molecule has 0 fully saturated rings. The first-order valence-corrected chi connectivity index (χ1v) is 4.08. The van der Waals surface area contributed by atoms with Crippen LogP contribution in [-0.4, -0.2) is 11.7 Å². The quantitative estimate of drug-likeness (QED) is 0.702. The lowest BCUT2D eigenvalue weighted by Gasteiger charge is -2.03. The number of pyridine rings is 1. The first kappa shape index (κ1) is 8.01. The zero-order chi connectivity index (χ0) is 9.10. The average molecular weight is 174 g/mol. The third kappa shape index (κ3) is 1.60. The Balaban J connectivity index is 2.49. The summed E-state index contributed by atoms with van der Waals surface area (Å²) < 4.78 is 5.16. The molecule has 1 aromatic carbocycles. The van der Waals surface area contributed by atoms with Crippen molar-refractivity contribution in [3.63, 3.8) is 0 Å². The van der Waals surface area contributed by atoms with Gasteiger partial charge in [0.2, 0.25) is 0 Å². The van der Waals surface area contributed by atoms with Crippen molar-refractivity contribution in [2.75, 3.05) is 6.73 Å². The molecule has 3 heteroatoms. The van der Waals surface area contributed by atoms with Crippen LogP contribution in [0.4, 0.5) is 0 Å². The molecule has 0 aliphatic carbocycles. The molecule has 0 saturated heterocycles. The summed E-state index contributed by atoms with van der Waals surface area (Å²) in [7, 11) is 0. The van der Waals surface area contributed by atoms with Crippen molar-refractivity contribution in [2.24, 2.45) is 5.73 Å². The van der Waals surface area contributed by atoms with Crippen molar-refractivity contribution in [1.29, 1.82) is 0 Å². The van der Waals surface area contributed by atoms with Gasteiger partial charge in [-0.1, -0.05) is 6.07 Å². The van der Waals surface area contributed by atoms with Crippen LogP contribution in [0.5, 0.6) is 5.75 Å². The normalized spacial score (nSPS) is 10.2. The lowest BCUT2D eigenvalue weighted by Crippen LogP contribution is -2.06. The van der Waals surface area contributed by atoms with Gasteiger partial charge in [-0.3, -0.25) is 10.7 Å². The van der Waals surface area contributed by atoms with Crippen LogP contribution in [0.3, 0.4) is 0 Å². The maximum atomic E-state index is 5.27. The molecule has 0 radical (unpaired) electrons. The van der Waals surface area contributed by atoms with Crippen molar-refractivity contribution in [3.8, 4) is 5.75 Å². The summed E-state index contributed by atoms with van der Waals surface area (Å²) in [5, 5.41) is 1.06. The lowest BCUT2D eigenvalue weighted by atomic mass is 10.2. The number of hydrogen-bond acceptors (Lipinski definition) is 3. The maximum Gasteiger partial charge on any atom is 0.137 e. The van der Waals surface area contributed by atoms with Crippen molar-refractivity contribution in [1.82, 2.24) is 4.98 Å². The number of nitrogens with zero attached hydrogens (tertiary/aromatic N) is 1. The van der Waals surface area contributed by atoms with Crippen molar-refractivity contribution < 1.29 is 4.74 Å². The second-order valence-corrected chi connectivity index (χ2v) is 2.67. The Hall–Kier alpha value is -1.61. The number of fused-ring (bicyclic) bond motifs is 1. The molecule has 0 spiro atoms. The maximum absolute atomic E-state index is 5.27. The highest BCUT2D eigenvalue weighted by atomic mass is 16.5. The molecule has 0 aliphatic heterocycles. The molecule has 1 heterocycles. The van der Waals surface area contributed by atoms with Gasteiger partial charge in [0.05, 0.1) is 5.52 Å². The van der Waals surface area contributed by atoms with Crippen molar-refractivity contribution in [3.05, 3.63) is 36.5 Å². The van der Waals surface area contributed by atoms with Gasteiger partial charge in [-0.05, 0) is 24.3 Å². The van der Waals surface area contributed by atoms with E-state index in [1.54, 1.807) is 6.20 Å². The van der Waals surface area contributed by atoms with E-state index in [1.165, 1.54) is 0 Å². The molecule has 3 nitrogen and oxygen atoms in total. The van der Waals surface area contributed by atoms with Crippen LogP contribution in [0, 0.1) is 0 Å². The van der Waals surface area contributed by atoms with E-state index in [1.807, 2.05) is 30.3 Å². The standard InChI is InChI=1S/C10H10N2O/c11-7-13-9-3-4-10-8(6-9)2-1-5-12-10/h1-6H,7,11H2. The minimum Gasteiger partial charge on any atom is -0.479 e. The largest absolute Gasteiger partial charge is 0.479 e. The van der Waals surface area contributed by atoms with Crippen molar-refractivity contribution in [2.45, 2.75) is 0 Å². The third-order valence-corrected chi connectivity index (χ3v) is 1.82. The van der Waals surface area contributed by atoms with Crippen LogP contribution >= 0.6 is 0 Å². The van der Waals surface area contributed by atoms with Crippen LogP contribution in [0.25, 0.3) is 10.9 Å². The number of benzene rings is 1. The Morgan fingerprint density at radius 1 is 1.31 bits per heavy atom. The fourth-order valence-electron chi connectivity index (χ4n) is 1.24. The molecule has 0 unspecified atom stereocenters. The minimum absolute atomic E-state index is 0.200. The second kappa shape index (κ2) is 3.41. The van der Waals surface area contributed by atoms with E-state index in [-0.39, 0.29) is 6.73 Å². The monoisotopic (exact) mass is 174 g/mol. The molecule has 0 amide bonds. The van der Waals surface area contributed by atoms with E-state index in [2.05, 4.69) is 4.98 Å². The van der Waals surface area contributed by atoms with E-state index < -0.39 is 0 Å². The highest BCUT2D eigenvalue weighted by Crippen LogP contribution is 2.18. The van der Waals surface area contributed by atoms with E-state index >= 15 is 0 Å². The van der Waals surface area contributed by atoms with Gasteiger partial charge in [-0.2, -0.15) is 0 Å². The van der Waals surface area contributed by atoms with E-state index in [0.717, 1.165) is 16.7 Å². The molecule has 0 bridgehead atoms. The van der Waals surface area contributed by atoms with Gasteiger partial charge < -0.3 is 4.74 Å². The molecular weight excluding hydrogens is 164 g/mol. The van der Waals surface area contributed by atoms with Crippen LogP contribution in [0.15, 0.2) is 36.5 Å². The summed E-state index contributed by atoms with van der Waals surface area (Å²) in [6.45, 7) is 0.200. The summed E-state index contributed by atoms with van der Waals surface area (Å²) in [5.41, 5.74) is 6.23. The molecule has 13 heavy (non-hydrogen) atoms. The third-order valence-electron chi connectivity index (χ3n) is 1.82. The fraction of sp³-hybridized carbons (Fsp3) is 0.100. The number of aromatic nitrogens is 1. The van der Waals surface area contributed by atoms with Gasteiger partial charge in [0, 0.05) is 11.6 Å². The minimum atomic E-state index is 0.200. The van der Waals surface area contributed by atoms with Gasteiger partial charge in [0.1, 0.15) is 12.5 Å². The van der Waals surface area contributed by atoms with E-state index in [9.17, 15) is 0 Å². The number of rotatable bonds is 2. The molecule has 0 saturated carbocycles. The number of nitrogens with two attached hydrogens (primary N) is 1. The Morgan fingerprint density at radius 2 is 2.23 bits per heavy atom. The Bertz CT molecular complexity index is 414. The number of hydrogen-bond donors (Lipinski definition) is 1. The molecule has 1 aromatic heterocycles. The molecule has 0 aliphatic rings. The average Bonchev–Trinajstić information content (AvgIpc) is 2.18. The van der Waals surface area contributed by atoms with Crippen molar-refractivity contribution >= 4 is 10.9 Å². The molecule has 2 rings (SSSR count). The smallest absolute Gasteiger partial charge is 0.137 e. The number of ether oxygens (including phenoxy) is 1. The summed E-state index contributed by atoms with van der Waals surface area (Å²) in [5.74, 6) is 0.781. The lowest BCUT2D eigenvalue weighted by molar-refractivity contribution is 0.330. The first-order valence-electron chi connectivity index (χ1n) is 4.08. The van der Waals surface area contributed by atoms with Crippen LogP contribution in [0.1, 0.15) is 0 Å². The highest BCUT2D eigenvalue weighted by molar-refractivity contribution is 5.79. The predicted molar refractivity (Wildman–Crippen MR) is 51.4 cm³/mol. The summed E-state index contributed by atoms with van der Waals surface area (Å²) in [4.78, 5) is 4.20. The summed E-state index contributed by atoms with van der Waals surface area (Å²) >= 11 is 0. The van der Waals surface area contributed by atoms with Gasteiger partial charge in [0.15, 0.2) is 0 Å². The summed E-state index contributed by atoms with van der Waals surface area (Å²) in [6.07, 6.45) is 1.77. The Kier molecular flexibility index (Phi) is 2.10. The molecule has 0 atom stereocenters. The van der Waals surface area contributed by atoms with Gasteiger partial charge in [-0.15, -0.1) is 0 Å². The highest BCUT2D eigenvalue weighted by Gasteiger charge is 1.95. The molecule has 2 aromatic rings. The molecule has 66 valence electrons. The van der Waals surface area contributed by atoms with Gasteiger partial charge in [-0.25, -0.2) is 0 Å². The fourth-order valence-corrected chi connectivity index (χ4v) is 1.24. The van der Waals surface area contributed by atoms with E-state index in [0.29, 0.717) is 0 Å². The zero-order valence-corrected chi connectivity index (χ0v) is 7.10. The van der Waals surface area contributed by atoms with Crippen LogP contribution in [-0.2, 0) is 0 Å². The van der Waals surface area contributed by atoms with Gasteiger partial charge in [0.25, 0.3) is 0 Å². The van der Waals surface area contributed by atoms with Gasteiger partial charge >= 0.3 is 0 Å². The van der Waals surface area contributed by atoms with Crippen LogP contribution in [0.2, 0.25) is 0 Å². The molecule has 2 N–H and O–H groups in total. The molecular formula is C10H10N2O. The topological polar surface area (TPSA) is 48.1 Å². The predicted octanol–water partition coefficient (Wildman–Crippen LogP) is 1.53. The van der Waals surface area contributed by atoms with Crippen LogP contribution < -0.4 is 10.5 Å². The zero-order valence-electron chi connectivity index (χ0n) is 7.10. The summed E-state index contributed by atoms with van der Waals surface area (Å²) in [6, 6.07) is 9.60. The van der Waals surface area contributed by atoms with E-state index in [4.69, 9.17) is 10.5 Å². The Labute approximate surface area is 76.2 Å². The first-order chi connectivity index (χ1) is 6.40. The second-order valence-electron chi connectivity index (χ2n) is 2.67. The Morgan fingerprint density at radius 3 is 3.08 bits per heavy atom.